The summed E-state index contributed by atoms with van der Waals surface area (Å²) in [5, 5.41) is 0. The Morgan fingerprint density at radius 2 is 1.74 bits per heavy atom. The van der Waals surface area contributed by atoms with Crippen molar-refractivity contribution < 1.29 is 0 Å². The van der Waals surface area contributed by atoms with Gasteiger partial charge in [-0.25, -0.2) is 9.97 Å². The summed E-state index contributed by atoms with van der Waals surface area (Å²) in [6, 6.07) is 0.653. The molecule has 104 valence electrons. The molecule has 1 aromatic heterocycles. The summed E-state index contributed by atoms with van der Waals surface area (Å²) >= 11 is 0. The van der Waals surface area contributed by atoms with Crippen LogP contribution >= 0.6 is 0 Å². The minimum absolute atomic E-state index is 0.653. The first-order chi connectivity index (χ1) is 9.15. The fourth-order valence-electron chi connectivity index (χ4n) is 3.24. The molecular formula is C15H24N4. The monoisotopic (exact) mass is 260 g/mol. The van der Waals surface area contributed by atoms with Gasteiger partial charge < -0.3 is 4.90 Å². The normalized spacial score (nSPS) is 20.1. The molecule has 1 aliphatic carbocycles. The maximum absolute atomic E-state index is 4.73. The number of aryl methyl sites for hydroxylation is 2. The lowest BCUT2D eigenvalue weighted by Crippen LogP contribution is -2.49. The number of nitrogens with zero attached hydrogens (tertiary/aromatic N) is 4. The Bertz CT molecular complexity index is 461. The van der Waals surface area contributed by atoms with Crippen molar-refractivity contribution in [2.45, 2.75) is 46.1 Å². The average Bonchev–Trinajstić information content (AvgIpc) is 2.85. The van der Waals surface area contributed by atoms with Gasteiger partial charge in [0.25, 0.3) is 0 Å². The predicted molar refractivity (Wildman–Crippen MR) is 77.7 cm³/mol. The van der Waals surface area contributed by atoms with Crippen molar-refractivity contribution in [1.29, 1.82) is 0 Å². The molecule has 0 N–H and O–H groups in total. The summed E-state index contributed by atoms with van der Waals surface area (Å²) in [6.07, 6.45) is 3.54. The minimum Gasteiger partial charge on any atom is -0.354 e. The molecule has 19 heavy (non-hydrogen) atoms. The standard InChI is InChI=1S/C15H24N4/c1-11(2)18-7-9-19(10-8-18)15-13-5-4-6-14(13)16-12(3)17-15/h11H,4-10H2,1-3H3. The Hall–Kier alpha value is -1.16. The van der Waals surface area contributed by atoms with Crippen molar-refractivity contribution in [1.82, 2.24) is 14.9 Å². The third kappa shape index (κ3) is 2.46. The maximum Gasteiger partial charge on any atom is 0.135 e. The third-order valence-electron chi connectivity index (χ3n) is 4.37. The highest BCUT2D eigenvalue weighted by molar-refractivity contribution is 5.51. The number of fused-ring (bicyclic) bond motifs is 1. The van der Waals surface area contributed by atoms with E-state index >= 15 is 0 Å². The molecule has 0 amide bonds. The van der Waals surface area contributed by atoms with Crippen molar-refractivity contribution in [2.24, 2.45) is 0 Å². The minimum atomic E-state index is 0.653. The van der Waals surface area contributed by atoms with E-state index in [2.05, 4.69) is 28.6 Å². The SMILES string of the molecule is Cc1nc2c(c(N3CCN(C(C)C)CC3)n1)CCC2. The summed E-state index contributed by atoms with van der Waals surface area (Å²) in [7, 11) is 0. The topological polar surface area (TPSA) is 32.3 Å². The van der Waals surface area contributed by atoms with E-state index in [0.29, 0.717) is 6.04 Å². The first-order valence-electron chi connectivity index (χ1n) is 7.50. The molecule has 0 atom stereocenters. The molecular weight excluding hydrogens is 236 g/mol. The molecule has 0 saturated carbocycles. The van der Waals surface area contributed by atoms with Crippen LogP contribution in [0.5, 0.6) is 0 Å². The van der Waals surface area contributed by atoms with E-state index in [9.17, 15) is 0 Å². The molecule has 0 unspecified atom stereocenters. The fourth-order valence-corrected chi connectivity index (χ4v) is 3.24. The van der Waals surface area contributed by atoms with Gasteiger partial charge in [0.2, 0.25) is 0 Å². The molecule has 1 aliphatic heterocycles. The number of hydrogen-bond donors (Lipinski definition) is 0. The number of rotatable bonds is 2. The van der Waals surface area contributed by atoms with Gasteiger partial charge in [-0.3, -0.25) is 4.90 Å². The first-order valence-corrected chi connectivity index (χ1v) is 7.50. The highest BCUT2D eigenvalue weighted by Gasteiger charge is 2.25. The molecule has 2 aliphatic rings. The van der Waals surface area contributed by atoms with Crippen LogP contribution < -0.4 is 4.90 Å². The van der Waals surface area contributed by atoms with Crippen molar-refractivity contribution >= 4 is 5.82 Å². The second-order valence-corrected chi connectivity index (χ2v) is 5.99. The summed E-state index contributed by atoms with van der Waals surface area (Å²) in [6.45, 7) is 11.1. The Kier molecular flexibility index (Phi) is 3.44. The van der Waals surface area contributed by atoms with Gasteiger partial charge in [-0.15, -0.1) is 0 Å². The van der Waals surface area contributed by atoms with Crippen LogP contribution in [0.1, 0.15) is 37.4 Å². The van der Waals surface area contributed by atoms with E-state index in [1.165, 1.54) is 23.5 Å². The van der Waals surface area contributed by atoms with Gasteiger partial charge in [-0.1, -0.05) is 0 Å². The highest BCUT2D eigenvalue weighted by Crippen LogP contribution is 2.29. The Labute approximate surface area is 115 Å². The first kappa shape index (κ1) is 12.9. The number of aromatic nitrogens is 2. The van der Waals surface area contributed by atoms with Gasteiger partial charge in [-0.2, -0.15) is 0 Å². The number of anilines is 1. The second-order valence-electron chi connectivity index (χ2n) is 5.99. The molecule has 1 fully saturated rings. The molecule has 2 heterocycles. The summed E-state index contributed by atoms with van der Waals surface area (Å²) in [5.74, 6) is 2.16. The lowest BCUT2D eigenvalue weighted by molar-refractivity contribution is 0.209. The van der Waals surface area contributed by atoms with E-state index in [1.54, 1.807) is 0 Å². The van der Waals surface area contributed by atoms with Crippen LogP contribution in [0.15, 0.2) is 0 Å². The van der Waals surface area contributed by atoms with E-state index < -0.39 is 0 Å². The lowest BCUT2D eigenvalue weighted by Gasteiger charge is -2.38. The van der Waals surface area contributed by atoms with Crippen molar-refractivity contribution in [3.63, 3.8) is 0 Å². The van der Waals surface area contributed by atoms with Crippen molar-refractivity contribution in [2.75, 3.05) is 31.1 Å². The van der Waals surface area contributed by atoms with Crippen LogP contribution in [-0.2, 0) is 12.8 Å². The number of piperazine rings is 1. The Balaban J connectivity index is 1.81. The quantitative estimate of drug-likeness (QED) is 0.812. The summed E-state index contributed by atoms with van der Waals surface area (Å²) < 4.78 is 0. The Morgan fingerprint density at radius 1 is 1.00 bits per heavy atom. The second kappa shape index (κ2) is 5.08. The van der Waals surface area contributed by atoms with Crippen molar-refractivity contribution in [3.8, 4) is 0 Å². The van der Waals surface area contributed by atoms with Crippen molar-refractivity contribution in [3.05, 3.63) is 17.1 Å². The van der Waals surface area contributed by atoms with Gasteiger partial charge in [0.15, 0.2) is 0 Å². The van der Waals surface area contributed by atoms with Crippen LogP contribution in [0.2, 0.25) is 0 Å². The maximum atomic E-state index is 4.73. The smallest absolute Gasteiger partial charge is 0.135 e. The van der Waals surface area contributed by atoms with Gasteiger partial charge in [-0.05, 0) is 40.0 Å². The zero-order valence-electron chi connectivity index (χ0n) is 12.3. The largest absolute Gasteiger partial charge is 0.354 e. The zero-order valence-corrected chi connectivity index (χ0v) is 12.3. The summed E-state index contributed by atoms with van der Waals surface area (Å²) in [4.78, 5) is 14.4. The van der Waals surface area contributed by atoms with E-state index in [-0.39, 0.29) is 0 Å². The molecule has 1 saturated heterocycles. The van der Waals surface area contributed by atoms with Crippen LogP contribution in [0.4, 0.5) is 5.82 Å². The molecule has 4 nitrogen and oxygen atoms in total. The van der Waals surface area contributed by atoms with Crippen LogP contribution in [0.3, 0.4) is 0 Å². The molecule has 0 bridgehead atoms. The van der Waals surface area contributed by atoms with Gasteiger partial charge >= 0.3 is 0 Å². The molecule has 0 aromatic carbocycles. The fraction of sp³-hybridized carbons (Fsp3) is 0.733. The summed E-state index contributed by atoms with van der Waals surface area (Å²) in [5.41, 5.74) is 2.72. The van der Waals surface area contributed by atoms with Crippen LogP contribution in [0, 0.1) is 6.92 Å². The van der Waals surface area contributed by atoms with Crippen LogP contribution in [-0.4, -0.2) is 47.1 Å². The van der Waals surface area contributed by atoms with Gasteiger partial charge in [0, 0.05) is 43.5 Å². The van der Waals surface area contributed by atoms with Gasteiger partial charge in [0.1, 0.15) is 11.6 Å². The predicted octanol–water partition coefficient (Wildman–Crippen LogP) is 1.80. The molecule has 0 radical (unpaired) electrons. The lowest BCUT2D eigenvalue weighted by atomic mass is 10.2. The molecule has 1 aromatic rings. The average molecular weight is 260 g/mol. The Morgan fingerprint density at radius 3 is 2.42 bits per heavy atom. The van der Waals surface area contributed by atoms with Gasteiger partial charge in [0.05, 0.1) is 0 Å². The van der Waals surface area contributed by atoms with E-state index in [1.807, 2.05) is 6.92 Å². The molecule has 4 heteroatoms. The van der Waals surface area contributed by atoms with Crippen LogP contribution in [0.25, 0.3) is 0 Å². The zero-order chi connectivity index (χ0) is 13.4. The van der Waals surface area contributed by atoms with E-state index in [4.69, 9.17) is 4.98 Å². The number of hydrogen-bond acceptors (Lipinski definition) is 4. The third-order valence-corrected chi connectivity index (χ3v) is 4.37. The highest BCUT2D eigenvalue weighted by atomic mass is 15.3. The molecule has 0 spiro atoms. The molecule has 3 rings (SSSR count). The van der Waals surface area contributed by atoms with E-state index in [0.717, 1.165) is 44.8 Å².